The molecule has 0 atom stereocenters. The highest BCUT2D eigenvalue weighted by Gasteiger charge is 2.21. The molecule has 14 rings (SSSR count). The number of nitrogens with zero attached hydrogens (tertiary/aromatic N) is 2. The fourth-order valence-electron chi connectivity index (χ4n) is 11.6. The van der Waals surface area contributed by atoms with Crippen LogP contribution in [0.25, 0.3) is 115 Å². The van der Waals surface area contributed by atoms with Gasteiger partial charge in [-0.05, 0) is 161 Å². The Bertz CT molecular complexity index is 4400. The van der Waals surface area contributed by atoms with Gasteiger partial charge in [-0.3, -0.25) is 0 Å². The van der Waals surface area contributed by atoms with Crippen molar-refractivity contribution in [3.63, 3.8) is 0 Å². The molecule has 2 nitrogen and oxygen atoms in total. The largest absolute Gasteiger partial charge is 0.310 e. The first-order valence-corrected chi connectivity index (χ1v) is 25.5. The van der Waals surface area contributed by atoms with Crippen molar-refractivity contribution in [1.82, 2.24) is 4.57 Å². The second-order valence-corrected chi connectivity index (χ2v) is 19.2. The van der Waals surface area contributed by atoms with Gasteiger partial charge >= 0.3 is 0 Å². The van der Waals surface area contributed by atoms with Crippen molar-refractivity contribution in [2.75, 3.05) is 4.90 Å². The smallest absolute Gasteiger partial charge is 0.0547 e. The van der Waals surface area contributed by atoms with Gasteiger partial charge in [-0.25, -0.2) is 0 Å². The molecule has 346 valence electrons. The van der Waals surface area contributed by atoms with Gasteiger partial charge in [0.15, 0.2) is 0 Å². The number of para-hydroxylation sites is 2. The Labute approximate surface area is 430 Å². The molecule has 1 heterocycles. The van der Waals surface area contributed by atoms with Gasteiger partial charge in [-0.15, -0.1) is 0 Å². The highest BCUT2D eigenvalue weighted by atomic mass is 15.1. The maximum absolute atomic E-state index is 2.42. The third-order valence-electron chi connectivity index (χ3n) is 14.9. The van der Waals surface area contributed by atoms with Crippen LogP contribution < -0.4 is 4.90 Å². The van der Waals surface area contributed by atoms with E-state index in [0.717, 1.165) is 39.4 Å². The molecule has 74 heavy (non-hydrogen) atoms. The van der Waals surface area contributed by atoms with E-state index in [0.29, 0.717) is 0 Å². The highest BCUT2D eigenvalue weighted by Crippen LogP contribution is 2.47. The van der Waals surface area contributed by atoms with Crippen molar-refractivity contribution in [2.45, 2.75) is 0 Å². The summed E-state index contributed by atoms with van der Waals surface area (Å²) in [6, 6.07) is 107. The van der Waals surface area contributed by atoms with Crippen molar-refractivity contribution in [3.8, 4) is 61.3 Å². The van der Waals surface area contributed by atoms with Crippen LogP contribution in [0.2, 0.25) is 0 Å². The molecule has 0 unspecified atom stereocenters. The molecule has 14 aromatic rings. The molecule has 1 aromatic heterocycles. The fourth-order valence-corrected chi connectivity index (χ4v) is 11.6. The summed E-state index contributed by atoms with van der Waals surface area (Å²) in [4.78, 5) is 2.42. The van der Waals surface area contributed by atoms with Crippen LogP contribution in [0, 0.1) is 0 Å². The van der Waals surface area contributed by atoms with Crippen LogP contribution >= 0.6 is 0 Å². The van der Waals surface area contributed by atoms with Crippen LogP contribution in [0.5, 0.6) is 0 Å². The molecular weight excluding hydrogens is 893 g/mol. The summed E-state index contributed by atoms with van der Waals surface area (Å²) in [5, 5.41) is 9.93. The van der Waals surface area contributed by atoms with Gasteiger partial charge in [-0.2, -0.15) is 0 Å². The molecule has 13 aromatic carbocycles. The van der Waals surface area contributed by atoms with Crippen molar-refractivity contribution in [3.05, 3.63) is 291 Å². The topological polar surface area (TPSA) is 8.17 Å². The summed E-state index contributed by atoms with van der Waals surface area (Å²) < 4.78 is 2.40. The maximum atomic E-state index is 2.42. The minimum atomic E-state index is 1.07. The number of hydrogen-bond acceptors (Lipinski definition) is 1. The SMILES string of the molecule is c1ccc(-c2c(-c3ccccc3)c3cc(-c4cccc(N(c5ccc(-c6ccc7ccccc7c6)cc5)c5cccc(-c6cccc7c6c6ccccc6n7-c6ccccc6)c5)c4)ccc3c3ccccc23)cc1. The van der Waals surface area contributed by atoms with E-state index in [1.165, 1.54) is 93.1 Å². The lowest BCUT2D eigenvalue weighted by Crippen LogP contribution is -2.10. The van der Waals surface area contributed by atoms with Gasteiger partial charge in [0.05, 0.1) is 11.0 Å². The Kier molecular flexibility index (Phi) is 10.6. The Hall–Kier alpha value is -9.76. The molecule has 0 bridgehead atoms. The fraction of sp³-hybridized carbons (Fsp3) is 0. The van der Waals surface area contributed by atoms with Crippen LogP contribution in [0.4, 0.5) is 17.1 Å². The summed E-state index contributed by atoms with van der Waals surface area (Å²) >= 11 is 0. The number of fused-ring (bicyclic) bond motifs is 7. The van der Waals surface area contributed by atoms with Crippen molar-refractivity contribution < 1.29 is 0 Å². The lowest BCUT2D eigenvalue weighted by molar-refractivity contribution is 1.18. The average Bonchev–Trinajstić information content (AvgIpc) is 3.83. The minimum absolute atomic E-state index is 1.07. The summed E-state index contributed by atoms with van der Waals surface area (Å²) in [5.41, 5.74) is 18.7. The number of anilines is 3. The second kappa shape index (κ2) is 18.1. The molecule has 0 saturated heterocycles. The van der Waals surface area contributed by atoms with E-state index < -0.39 is 0 Å². The summed E-state index contributed by atoms with van der Waals surface area (Å²) in [6.07, 6.45) is 0. The molecule has 0 spiro atoms. The van der Waals surface area contributed by atoms with Crippen LogP contribution in [0.15, 0.2) is 291 Å². The molecule has 2 heteroatoms. The predicted octanol–water partition coefficient (Wildman–Crippen LogP) is 20.0. The van der Waals surface area contributed by atoms with E-state index in [-0.39, 0.29) is 0 Å². The van der Waals surface area contributed by atoms with E-state index >= 15 is 0 Å². The summed E-state index contributed by atoms with van der Waals surface area (Å²) in [5.74, 6) is 0. The number of aromatic nitrogens is 1. The first-order chi connectivity index (χ1) is 36.7. The monoisotopic (exact) mass is 940 g/mol. The van der Waals surface area contributed by atoms with Gasteiger partial charge in [-0.1, -0.05) is 218 Å². The van der Waals surface area contributed by atoms with E-state index in [9.17, 15) is 0 Å². The standard InChI is InChI=1S/C72H48N2/c1-4-20-51(21-5-1)70-65-32-13-12-31-63(65)64-44-41-56(48-67(64)71(70)52-22-6-2-7-23-52)54-25-16-29-60(46-54)73(59-42-39-50(40-43-59)55-38-37-49-19-10-11-24-53(49)45-55)61-30-17-26-57(47-61)62-34-18-36-69-72(62)66-33-14-15-35-68(66)74(69)58-27-8-3-9-28-58/h1-48H. The quantitative estimate of drug-likeness (QED) is 0.131. The number of rotatable bonds is 9. The molecule has 0 aliphatic carbocycles. The minimum Gasteiger partial charge on any atom is -0.310 e. The van der Waals surface area contributed by atoms with Gasteiger partial charge < -0.3 is 9.47 Å². The van der Waals surface area contributed by atoms with Crippen molar-refractivity contribution in [2.24, 2.45) is 0 Å². The lowest BCUT2D eigenvalue weighted by atomic mass is 9.84. The normalized spacial score (nSPS) is 11.5. The third-order valence-corrected chi connectivity index (χ3v) is 14.9. The van der Waals surface area contributed by atoms with E-state index in [2.05, 4.69) is 301 Å². The van der Waals surface area contributed by atoms with E-state index in [4.69, 9.17) is 0 Å². The van der Waals surface area contributed by atoms with E-state index in [1.807, 2.05) is 0 Å². The molecule has 0 fully saturated rings. The third kappa shape index (κ3) is 7.43. The van der Waals surface area contributed by atoms with E-state index in [1.54, 1.807) is 0 Å². The second-order valence-electron chi connectivity index (χ2n) is 19.2. The Morgan fingerprint density at radius 2 is 0.743 bits per heavy atom. The molecule has 0 aliphatic rings. The van der Waals surface area contributed by atoms with Crippen molar-refractivity contribution in [1.29, 1.82) is 0 Å². The summed E-state index contributed by atoms with van der Waals surface area (Å²) in [6.45, 7) is 0. The zero-order chi connectivity index (χ0) is 49.0. The lowest BCUT2D eigenvalue weighted by Gasteiger charge is -2.27. The average molecular weight is 941 g/mol. The van der Waals surface area contributed by atoms with Crippen LogP contribution in [-0.4, -0.2) is 4.57 Å². The van der Waals surface area contributed by atoms with Gasteiger partial charge in [0, 0.05) is 33.5 Å². The van der Waals surface area contributed by atoms with Crippen LogP contribution in [-0.2, 0) is 0 Å². The van der Waals surface area contributed by atoms with Crippen LogP contribution in [0.1, 0.15) is 0 Å². The Balaban J connectivity index is 0.944. The molecule has 0 aliphatic heterocycles. The molecule has 0 radical (unpaired) electrons. The Morgan fingerprint density at radius 3 is 1.49 bits per heavy atom. The first kappa shape index (κ1) is 43.1. The highest BCUT2D eigenvalue weighted by molar-refractivity contribution is 6.22. The molecule has 0 saturated carbocycles. The van der Waals surface area contributed by atoms with Gasteiger partial charge in [0.2, 0.25) is 0 Å². The van der Waals surface area contributed by atoms with Crippen LogP contribution in [0.3, 0.4) is 0 Å². The first-order valence-electron chi connectivity index (χ1n) is 25.5. The van der Waals surface area contributed by atoms with Crippen molar-refractivity contribution >= 4 is 71.2 Å². The molecule has 0 amide bonds. The predicted molar refractivity (Wildman–Crippen MR) is 315 cm³/mol. The number of benzene rings is 13. The van der Waals surface area contributed by atoms with Gasteiger partial charge in [0.1, 0.15) is 0 Å². The Morgan fingerprint density at radius 1 is 0.243 bits per heavy atom. The maximum Gasteiger partial charge on any atom is 0.0547 e. The zero-order valence-electron chi connectivity index (χ0n) is 40.6. The number of hydrogen-bond donors (Lipinski definition) is 0. The summed E-state index contributed by atoms with van der Waals surface area (Å²) in [7, 11) is 0. The zero-order valence-corrected chi connectivity index (χ0v) is 40.6. The van der Waals surface area contributed by atoms with Gasteiger partial charge in [0.25, 0.3) is 0 Å². The molecule has 0 N–H and O–H groups in total. The molecular formula is C72H48N2.